The minimum atomic E-state index is -0.244. The van der Waals surface area contributed by atoms with Crippen LogP contribution in [0, 0.1) is 5.82 Å². The van der Waals surface area contributed by atoms with Crippen molar-refractivity contribution in [3.8, 4) is 17.0 Å². The first-order valence-electron chi connectivity index (χ1n) is 11.6. The normalized spacial score (nSPS) is 17.7. The molecule has 33 heavy (non-hydrogen) atoms. The zero-order chi connectivity index (χ0) is 23.0. The van der Waals surface area contributed by atoms with Crippen molar-refractivity contribution in [1.29, 1.82) is 0 Å². The largest absolute Gasteiger partial charge is 0.494 e. The maximum absolute atomic E-state index is 13.8. The van der Waals surface area contributed by atoms with Gasteiger partial charge in [-0.25, -0.2) is 9.37 Å². The van der Waals surface area contributed by atoms with E-state index in [1.165, 1.54) is 6.07 Å². The fourth-order valence-electron chi connectivity index (χ4n) is 5.21. The van der Waals surface area contributed by atoms with Gasteiger partial charge < -0.3 is 14.2 Å². The number of hydrogen-bond donors (Lipinski definition) is 0. The zero-order valence-electron chi connectivity index (χ0n) is 19.1. The average Bonchev–Trinajstić information content (AvgIpc) is 3.28. The average molecular weight is 449 g/mol. The summed E-state index contributed by atoms with van der Waals surface area (Å²) in [5.74, 6) is 1.60. The minimum absolute atomic E-state index is 0.0511. The standard InChI is InChI=1S/C26H29FN4O2/c1-3-33-22-9-7-19(8-10-22)24(32)30-13-11-26(12-14-30)25-28-18-23(31(25)16-15-29(26)2)20-5-4-6-21(27)17-20/h4-10,17-18H,3,11-16H2,1-2H3. The van der Waals surface area contributed by atoms with Crippen LogP contribution < -0.4 is 4.74 Å². The van der Waals surface area contributed by atoms with Crippen LogP contribution >= 0.6 is 0 Å². The quantitative estimate of drug-likeness (QED) is 0.601. The van der Waals surface area contributed by atoms with Crippen molar-refractivity contribution in [1.82, 2.24) is 19.4 Å². The molecule has 3 aromatic rings. The Kier molecular flexibility index (Phi) is 5.66. The smallest absolute Gasteiger partial charge is 0.253 e. The lowest BCUT2D eigenvalue weighted by Crippen LogP contribution is -2.57. The predicted octanol–water partition coefficient (Wildman–Crippen LogP) is 4.16. The third kappa shape index (κ3) is 3.80. The van der Waals surface area contributed by atoms with E-state index in [0.717, 1.165) is 48.8 Å². The van der Waals surface area contributed by atoms with Crippen LogP contribution in [0.1, 0.15) is 35.9 Å². The third-order valence-electron chi connectivity index (χ3n) is 7.07. The van der Waals surface area contributed by atoms with Crippen molar-refractivity contribution in [2.75, 3.05) is 33.3 Å². The second-order valence-corrected chi connectivity index (χ2v) is 8.83. The summed E-state index contributed by atoms with van der Waals surface area (Å²) in [5.41, 5.74) is 2.25. The number of carbonyl (C=O) groups excluding carboxylic acids is 1. The summed E-state index contributed by atoms with van der Waals surface area (Å²) >= 11 is 0. The van der Waals surface area contributed by atoms with Gasteiger partial charge in [0.25, 0.3) is 5.91 Å². The second-order valence-electron chi connectivity index (χ2n) is 8.83. The van der Waals surface area contributed by atoms with E-state index in [1.54, 1.807) is 12.1 Å². The van der Waals surface area contributed by atoms with Crippen molar-refractivity contribution in [2.24, 2.45) is 0 Å². The van der Waals surface area contributed by atoms with Crippen LogP contribution in [0.15, 0.2) is 54.7 Å². The van der Waals surface area contributed by atoms with Gasteiger partial charge >= 0.3 is 0 Å². The number of piperidine rings is 1. The Hall–Kier alpha value is -3.19. The molecule has 0 N–H and O–H groups in total. The number of carbonyl (C=O) groups is 1. The van der Waals surface area contributed by atoms with E-state index < -0.39 is 0 Å². The highest BCUT2D eigenvalue weighted by Gasteiger charge is 2.46. The predicted molar refractivity (Wildman–Crippen MR) is 125 cm³/mol. The fourth-order valence-corrected chi connectivity index (χ4v) is 5.21. The molecule has 0 radical (unpaired) electrons. The topological polar surface area (TPSA) is 50.6 Å². The highest BCUT2D eigenvalue weighted by Crippen LogP contribution is 2.41. The molecule has 1 spiro atoms. The molecule has 2 aliphatic rings. The van der Waals surface area contributed by atoms with Gasteiger partial charge in [-0.3, -0.25) is 9.69 Å². The van der Waals surface area contributed by atoms with Crippen molar-refractivity contribution in [3.63, 3.8) is 0 Å². The number of rotatable bonds is 4. The summed E-state index contributed by atoms with van der Waals surface area (Å²) in [6, 6.07) is 14.1. The first-order valence-corrected chi connectivity index (χ1v) is 11.6. The number of amides is 1. The van der Waals surface area contributed by atoms with Crippen molar-refractivity contribution in [3.05, 3.63) is 71.9 Å². The molecule has 0 atom stereocenters. The molecule has 1 saturated heterocycles. The number of hydrogen-bond acceptors (Lipinski definition) is 4. The number of fused-ring (bicyclic) bond motifs is 2. The first kappa shape index (κ1) is 21.6. The third-order valence-corrected chi connectivity index (χ3v) is 7.07. The van der Waals surface area contributed by atoms with Crippen LogP contribution in [0.25, 0.3) is 11.3 Å². The van der Waals surface area contributed by atoms with Crippen LogP contribution in [0.2, 0.25) is 0 Å². The maximum atomic E-state index is 13.8. The number of imidazole rings is 1. The van der Waals surface area contributed by atoms with Gasteiger partial charge in [0.1, 0.15) is 17.4 Å². The molecule has 2 aromatic carbocycles. The van der Waals surface area contributed by atoms with Gasteiger partial charge in [-0.1, -0.05) is 12.1 Å². The Morgan fingerprint density at radius 2 is 1.85 bits per heavy atom. The summed E-state index contributed by atoms with van der Waals surface area (Å²) in [5, 5.41) is 0. The van der Waals surface area contributed by atoms with E-state index in [1.807, 2.05) is 48.4 Å². The van der Waals surface area contributed by atoms with Crippen LogP contribution in [0.4, 0.5) is 4.39 Å². The Morgan fingerprint density at radius 3 is 2.55 bits per heavy atom. The summed E-state index contributed by atoms with van der Waals surface area (Å²) in [7, 11) is 2.14. The van der Waals surface area contributed by atoms with Gasteiger partial charge in [0.15, 0.2) is 0 Å². The summed E-state index contributed by atoms with van der Waals surface area (Å²) in [6.07, 6.45) is 3.49. The van der Waals surface area contributed by atoms with Crippen LogP contribution in [0.5, 0.6) is 5.75 Å². The molecule has 5 rings (SSSR count). The van der Waals surface area contributed by atoms with Crippen LogP contribution in [0.3, 0.4) is 0 Å². The zero-order valence-corrected chi connectivity index (χ0v) is 19.1. The summed E-state index contributed by atoms with van der Waals surface area (Å²) in [6.45, 7) is 5.58. The Morgan fingerprint density at radius 1 is 1.09 bits per heavy atom. The lowest BCUT2D eigenvalue weighted by atomic mass is 9.83. The summed E-state index contributed by atoms with van der Waals surface area (Å²) < 4.78 is 21.6. The fraction of sp³-hybridized carbons (Fsp3) is 0.385. The van der Waals surface area contributed by atoms with E-state index in [4.69, 9.17) is 9.72 Å². The van der Waals surface area contributed by atoms with E-state index in [9.17, 15) is 9.18 Å². The number of aromatic nitrogens is 2. The molecule has 0 unspecified atom stereocenters. The number of benzene rings is 2. The maximum Gasteiger partial charge on any atom is 0.253 e. The molecular formula is C26H29FN4O2. The number of nitrogens with zero attached hydrogens (tertiary/aromatic N) is 4. The molecule has 0 saturated carbocycles. The van der Waals surface area contributed by atoms with Crippen molar-refractivity contribution >= 4 is 5.91 Å². The molecular weight excluding hydrogens is 419 g/mol. The molecule has 1 amide bonds. The van der Waals surface area contributed by atoms with E-state index in [0.29, 0.717) is 25.3 Å². The molecule has 3 heterocycles. The van der Waals surface area contributed by atoms with Gasteiger partial charge in [0.2, 0.25) is 0 Å². The van der Waals surface area contributed by atoms with Crippen molar-refractivity contribution < 1.29 is 13.9 Å². The second kappa shape index (κ2) is 8.63. The monoisotopic (exact) mass is 448 g/mol. The summed E-state index contributed by atoms with van der Waals surface area (Å²) in [4.78, 5) is 22.2. The van der Waals surface area contributed by atoms with Gasteiger partial charge in [0, 0.05) is 37.3 Å². The van der Waals surface area contributed by atoms with Crippen LogP contribution in [-0.4, -0.2) is 58.5 Å². The number of likely N-dealkylation sites (tertiary alicyclic amines) is 1. The lowest BCUT2D eigenvalue weighted by Gasteiger charge is -2.49. The molecule has 7 heteroatoms. The van der Waals surface area contributed by atoms with E-state index in [-0.39, 0.29) is 17.3 Å². The Bertz CT molecular complexity index is 1150. The molecule has 2 aliphatic heterocycles. The molecule has 172 valence electrons. The first-order chi connectivity index (χ1) is 16.0. The number of ether oxygens (including phenoxy) is 1. The van der Waals surface area contributed by atoms with E-state index >= 15 is 0 Å². The SMILES string of the molecule is CCOc1ccc(C(=O)N2CCC3(CC2)c2ncc(-c4cccc(F)c4)n2CCN3C)cc1. The molecule has 1 aromatic heterocycles. The minimum Gasteiger partial charge on any atom is -0.494 e. The Balaban J connectivity index is 1.37. The highest BCUT2D eigenvalue weighted by atomic mass is 19.1. The van der Waals surface area contributed by atoms with Gasteiger partial charge in [-0.15, -0.1) is 0 Å². The van der Waals surface area contributed by atoms with Crippen LogP contribution in [-0.2, 0) is 12.1 Å². The number of likely N-dealkylation sites (N-methyl/N-ethyl adjacent to an activating group) is 1. The van der Waals surface area contributed by atoms with Gasteiger partial charge in [0.05, 0.1) is 24.0 Å². The Labute approximate surface area is 193 Å². The highest BCUT2D eigenvalue weighted by molar-refractivity contribution is 5.94. The molecule has 0 aliphatic carbocycles. The molecule has 1 fully saturated rings. The van der Waals surface area contributed by atoms with Gasteiger partial charge in [-0.05, 0) is 63.2 Å². The van der Waals surface area contributed by atoms with Gasteiger partial charge in [-0.2, -0.15) is 0 Å². The lowest BCUT2D eigenvalue weighted by molar-refractivity contribution is 0.0101. The van der Waals surface area contributed by atoms with Crippen molar-refractivity contribution in [2.45, 2.75) is 31.8 Å². The molecule has 6 nitrogen and oxygen atoms in total. The molecule has 0 bridgehead atoms. The number of halogens is 1. The van der Waals surface area contributed by atoms with E-state index in [2.05, 4.69) is 16.5 Å².